The smallest absolute Gasteiger partial charge is 0.323 e. The topological polar surface area (TPSA) is 66.9 Å². The van der Waals surface area contributed by atoms with Crippen LogP contribution in [0.3, 0.4) is 0 Å². The van der Waals surface area contributed by atoms with Crippen LogP contribution in [0.4, 0.5) is 5.69 Å². The van der Waals surface area contributed by atoms with Crippen LogP contribution in [0.25, 0.3) is 0 Å². The fourth-order valence-electron chi connectivity index (χ4n) is 2.95. The van der Waals surface area contributed by atoms with Gasteiger partial charge in [-0.25, -0.2) is 8.42 Å². The molecule has 2 rings (SSSR count). The van der Waals surface area contributed by atoms with E-state index >= 15 is 0 Å². The Bertz CT molecular complexity index is 660. The van der Waals surface area contributed by atoms with E-state index < -0.39 is 10.0 Å². The molecule has 7 heteroatoms. The highest BCUT2D eigenvalue weighted by atomic mass is 32.2. The highest BCUT2D eigenvalue weighted by Gasteiger charge is 2.31. The standard InChI is InChI=1S/C16H24N2O4S/c1-4-14(16(19)22-5-2)17-10-11-18(23(3,20)21)15-9-7-6-8-13(15)12-17/h6-9,14H,4-5,10-12H2,1-3H3/t14-/m0/s1. The van der Waals surface area contributed by atoms with E-state index in [0.29, 0.717) is 38.3 Å². The maximum absolute atomic E-state index is 12.2. The number of hydrogen-bond donors (Lipinski definition) is 0. The predicted octanol–water partition coefficient (Wildman–Crippen LogP) is 1.61. The Hall–Kier alpha value is -1.60. The lowest BCUT2D eigenvalue weighted by atomic mass is 10.1. The third-order valence-electron chi connectivity index (χ3n) is 4.01. The van der Waals surface area contributed by atoms with Gasteiger partial charge in [-0.15, -0.1) is 0 Å². The molecule has 1 aromatic rings. The summed E-state index contributed by atoms with van der Waals surface area (Å²) < 4.78 is 30.8. The first kappa shape index (κ1) is 17.7. The third kappa shape index (κ3) is 4.03. The molecule has 0 saturated heterocycles. The number of rotatable bonds is 5. The van der Waals surface area contributed by atoms with Crippen molar-refractivity contribution >= 4 is 21.7 Å². The van der Waals surface area contributed by atoms with Gasteiger partial charge >= 0.3 is 5.97 Å². The summed E-state index contributed by atoms with van der Waals surface area (Å²) in [4.78, 5) is 14.2. The van der Waals surface area contributed by atoms with Gasteiger partial charge in [-0.3, -0.25) is 14.0 Å². The molecule has 23 heavy (non-hydrogen) atoms. The van der Waals surface area contributed by atoms with Crippen molar-refractivity contribution in [2.75, 3.05) is 30.3 Å². The van der Waals surface area contributed by atoms with Gasteiger partial charge in [0.05, 0.1) is 18.6 Å². The molecule has 1 atom stereocenters. The van der Waals surface area contributed by atoms with Gasteiger partial charge in [-0.05, 0) is 25.0 Å². The lowest BCUT2D eigenvalue weighted by Gasteiger charge is -2.28. The third-order valence-corrected chi connectivity index (χ3v) is 5.19. The van der Waals surface area contributed by atoms with Crippen LogP contribution in [0.15, 0.2) is 24.3 Å². The molecule has 0 unspecified atom stereocenters. The van der Waals surface area contributed by atoms with Crippen LogP contribution in [0.5, 0.6) is 0 Å². The van der Waals surface area contributed by atoms with Crippen molar-refractivity contribution in [1.29, 1.82) is 0 Å². The number of hydrogen-bond acceptors (Lipinski definition) is 5. The first-order valence-corrected chi connectivity index (χ1v) is 9.69. The van der Waals surface area contributed by atoms with E-state index in [4.69, 9.17) is 4.74 Å². The zero-order valence-electron chi connectivity index (χ0n) is 13.9. The fraction of sp³-hybridized carbons (Fsp3) is 0.562. The van der Waals surface area contributed by atoms with Gasteiger partial charge in [-0.2, -0.15) is 0 Å². The molecule has 0 bridgehead atoms. The molecule has 0 fully saturated rings. The summed E-state index contributed by atoms with van der Waals surface area (Å²) in [7, 11) is -3.36. The monoisotopic (exact) mass is 340 g/mol. The molecule has 1 aliphatic rings. The van der Waals surface area contributed by atoms with Gasteiger partial charge in [0, 0.05) is 19.6 Å². The molecule has 1 aliphatic heterocycles. The molecule has 0 N–H and O–H groups in total. The Kier molecular flexibility index (Phi) is 5.64. The zero-order valence-corrected chi connectivity index (χ0v) is 14.7. The van der Waals surface area contributed by atoms with Crippen molar-refractivity contribution in [3.05, 3.63) is 29.8 Å². The average Bonchev–Trinajstić information content (AvgIpc) is 2.67. The van der Waals surface area contributed by atoms with Gasteiger partial charge in [0.2, 0.25) is 10.0 Å². The highest BCUT2D eigenvalue weighted by Crippen LogP contribution is 2.28. The van der Waals surface area contributed by atoms with Gasteiger partial charge in [0.15, 0.2) is 0 Å². The van der Waals surface area contributed by atoms with Crippen molar-refractivity contribution in [3.8, 4) is 0 Å². The van der Waals surface area contributed by atoms with Gasteiger partial charge in [0.25, 0.3) is 0 Å². The second kappa shape index (κ2) is 7.31. The van der Waals surface area contributed by atoms with E-state index in [1.807, 2.05) is 36.1 Å². The zero-order chi connectivity index (χ0) is 17.0. The summed E-state index contributed by atoms with van der Waals surface area (Å²) in [6.07, 6.45) is 1.84. The maximum atomic E-state index is 12.2. The first-order chi connectivity index (χ1) is 10.9. The van der Waals surface area contributed by atoms with E-state index in [2.05, 4.69) is 0 Å². The SMILES string of the molecule is CCOC(=O)[C@H](CC)N1CCN(S(C)(=O)=O)c2ccccc2C1. The number of nitrogens with zero attached hydrogens (tertiary/aromatic N) is 2. The Balaban J connectivity index is 2.34. The summed E-state index contributed by atoms with van der Waals surface area (Å²) in [5.74, 6) is -0.250. The number of anilines is 1. The van der Waals surface area contributed by atoms with Crippen molar-refractivity contribution < 1.29 is 17.9 Å². The van der Waals surface area contributed by atoms with Crippen LogP contribution in [-0.4, -0.2) is 51.3 Å². The minimum Gasteiger partial charge on any atom is -0.465 e. The summed E-state index contributed by atoms with van der Waals surface area (Å²) in [6.45, 7) is 5.40. The highest BCUT2D eigenvalue weighted by molar-refractivity contribution is 7.92. The number of carbonyl (C=O) groups excluding carboxylic acids is 1. The molecule has 0 spiro atoms. The Morgan fingerprint density at radius 3 is 2.57 bits per heavy atom. The van der Waals surface area contributed by atoms with Gasteiger partial charge in [0.1, 0.15) is 6.04 Å². The average molecular weight is 340 g/mol. The van der Waals surface area contributed by atoms with Crippen molar-refractivity contribution in [1.82, 2.24) is 4.90 Å². The molecule has 1 aromatic carbocycles. The second-order valence-corrected chi connectivity index (χ2v) is 7.52. The summed E-state index contributed by atoms with van der Waals surface area (Å²) in [5, 5.41) is 0. The Labute approximate surface area is 138 Å². The van der Waals surface area contributed by atoms with Crippen molar-refractivity contribution in [3.63, 3.8) is 0 Å². The molecule has 128 valence electrons. The molecule has 1 heterocycles. The van der Waals surface area contributed by atoms with E-state index in [9.17, 15) is 13.2 Å². The number of carbonyl (C=O) groups is 1. The van der Waals surface area contributed by atoms with Crippen molar-refractivity contribution in [2.24, 2.45) is 0 Å². The van der Waals surface area contributed by atoms with E-state index in [1.54, 1.807) is 6.92 Å². The van der Waals surface area contributed by atoms with Crippen LogP contribution in [0.1, 0.15) is 25.8 Å². The largest absolute Gasteiger partial charge is 0.465 e. The van der Waals surface area contributed by atoms with Crippen LogP contribution in [0.2, 0.25) is 0 Å². The van der Waals surface area contributed by atoms with Gasteiger partial charge in [-0.1, -0.05) is 25.1 Å². The minimum absolute atomic E-state index is 0.250. The number of esters is 1. The number of para-hydroxylation sites is 1. The van der Waals surface area contributed by atoms with E-state index in [0.717, 1.165) is 5.56 Å². The van der Waals surface area contributed by atoms with Crippen LogP contribution < -0.4 is 4.31 Å². The lowest BCUT2D eigenvalue weighted by Crippen LogP contribution is -2.44. The maximum Gasteiger partial charge on any atom is 0.323 e. The molecule has 0 radical (unpaired) electrons. The molecule has 0 aliphatic carbocycles. The van der Waals surface area contributed by atoms with E-state index in [1.165, 1.54) is 10.6 Å². The fourth-order valence-corrected chi connectivity index (χ4v) is 3.90. The molecule has 6 nitrogen and oxygen atoms in total. The predicted molar refractivity (Wildman–Crippen MR) is 89.8 cm³/mol. The molecular formula is C16H24N2O4S. The molecule has 0 aromatic heterocycles. The Morgan fingerprint density at radius 1 is 1.26 bits per heavy atom. The quantitative estimate of drug-likeness (QED) is 0.762. The number of benzene rings is 1. The van der Waals surface area contributed by atoms with Crippen LogP contribution >= 0.6 is 0 Å². The van der Waals surface area contributed by atoms with Crippen LogP contribution in [0, 0.1) is 0 Å². The summed E-state index contributed by atoms with van der Waals surface area (Å²) >= 11 is 0. The number of sulfonamides is 1. The van der Waals surface area contributed by atoms with Crippen molar-refractivity contribution in [2.45, 2.75) is 32.9 Å². The van der Waals surface area contributed by atoms with Gasteiger partial charge < -0.3 is 4.74 Å². The summed E-state index contributed by atoms with van der Waals surface area (Å²) in [5.41, 5.74) is 1.59. The molecule has 0 amide bonds. The molecule has 0 saturated carbocycles. The van der Waals surface area contributed by atoms with Crippen LogP contribution in [-0.2, 0) is 26.1 Å². The second-order valence-electron chi connectivity index (χ2n) is 5.61. The number of fused-ring (bicyclic) bond motifs is 1. The lowest BCUT2D eigenvalue weighted by molar-refractivity contribution is -0.149. The van der Waals surface area contributed by atoms with E-state index in [-0.39, 0.29) is 12.0 Å². The normalized spacial score (nSPS) is 17.3. The minimum atomic E-state index is -3.36. The number of ether oxygens (including phenoxy) is 1. The first-order valence-electron chi connectivity index (χ1n) is 7.84. The summed E-state index contributed by atoms with van der Waals surface area (Å²) in [6, 6.07) is 7.07. The Morgan fingerprint density at radius 2 is 1.96 bits per heavy atom. The molecular weight excluding hydrogens is 316 g/mol.